The molecule has 0 aliphatic rings. The van der Waals surface area contributed by atoms with Gasteiger partial charge in [0.15, 0.2) is 5.69 Å². The van der Waals surface area contributed by atoms with E-state index in [1.54, 1.807) is 18.3 Å². The number of thioether (sulfide) groups is 1. The number of rotatable bonds is 1. The Morgan fingerprint density at radius 1 is 1.06 bits per heavy atom. The quantitative estimate of drug-likeness (QED) is 0.600. The summed E-state index contributed by atoms with van der Waals surface area (Å²) in [7, 11) is 0. The van der Waals surface area contributed by atoms with Crippen LogP contribution in [-0.4, -0.2) is 10.1 Å². The van der Waals surface area contributed by atoms with Crippen LogP contribution in [0.3, 0.4) is 0 Å². The van der Waals surface area contributed by atoms with E-state index in [0.717, 1.165) is 4.90 Å². The standard InChI is InChI=1S/C13H9NOS/c15-13-7-4-9-14-12(13)8-10-16-11-5-2-1-3-6-11/h1-7,9,15H. The lowest BCUT2D eigenvalue weighted by atomic mass is 10.3. The summed E-state index contributed by atoms with van der Waals surface area (Å²) >= 11 is 1.41. The third kappa shape index (κ3) is 2.78. The number of aromatic nitrogens is 1. The number of aromatic hydroxyl groups is 1. The van der Waals surface area contributed by atoms with Crippen LogP contribution in [0, 0.1) is 11.2 Å². The average Bonchev–Trinajstić information content (AvgIpc) is 2.33. The molecule has 3 heteroatoms. The molecule has 0 bridgehead atoms. The zero-order chi connectivity index (χ0) is 11.2. The zero-order valence-corrected chi connectivity index (χ0v) is 9.24. The third-order valence-corrected chi connectivity index (χ3v) is 2.58. The van der Waals surface area contributed by atoms with Crippen molar-refractivity contribution in [1.82, 2.24) is 4.98 Å². The number of benzene rings is 1. The SMILES string of the molecule is Oc1cccnc1C#CSc1ccccc1. The Bertz CT molecular complexity index is 528. The molecule has 0 spiro atoms. The molecule has 0 fully saturated rings. The highest BCUT2D eigenvalue weighted by Crippen LogP contribution is 2.16. The van der Waals surface area contributed by atoms with Gasteiger partial charge < -0.3 is 5.11 Å². The van der Waals surface area contributed by atoms with Crippen LogP contribution in [0.15, 0.2) is 53.6 Å². The molecular weight excluding hydrogens is 218 g/mol. The van der Waals surface area contributed by atoms with Gasteiger partial charge in [-0.1, -0.05) is 18.2 Å². The summed E-state index contributed by atoms with van der Waals surface area (Å²) in [6.45, 7) is 0. The van der Waals surface area contributed by atoms with E-state index in [9.17, 15) is 5.11 Å². The maximum absolute atomic E-state index is 9.43. The Kier molecular flexibility index (Phi) is 3.47. The van der Waals surface area contributed by atoms with Crippen molar-refractivity contribution < 1.29 is 5.11 Å². The zero-order valence-electron chi connectivity index (χ0n) is 8.42. The van der Waals surface area contributed by atoms with Gasteiger partial charge in [0.2, 0.25) is 0 Å². The summed E-state index contributed by atoms with van der Waals surface area (Å²) in [5.41, 5.74) is 0.408. The second-order valence-electron chi connectivity index (χ2n) is 3.01. The van der Waals surface area contributed by atoms with Gasteiger partial charge in [-0.3, -0.25) is 0 Å². The fourth-order valence-electron chi connectivity index (χ4n) is 1.11. The minimum atomic E-state index is 0.115. The van der Waals surface area contributed by atoms with E-state index >= 15 is 0 Å². The molecule has 0 aliphatic carbocycles. The summed E-state index contributed by atoms with van der Waals surface area (Å²) < 4.78 is 0. The Labute approximate surface area is 98.4 Å². The van der Waals surface area contributed by atoms with Crippen molar-refractivity contribution >= 4 is 11.8 Å². The fourth-order valence-corrected chi connectivity index (χ4v) is 1.67. The maximum Gasteiger partial charge on any atom is 0.155 e. The second-order valence-corrected chi connectivity index (χ2v) is 3.89. The van der Waals surface area contributed by atoms with Gasteiger partial charge in [0.1, 0.15) is 5.75 Å². The van der Waals surface area contributed by atoms with Crippen molar-refractivity contribution in [2.75, 3.05) is 0 Å². The molecule has 0 atom stereocenters. The van der Waals surface area contributed by atoms with Gasteiger partial charge in [-0.2, -0.15) is 0 Å². The molecule has 2 nitrogen and oxygen atoms in total. The van der Waals surface area contributed by atoms with Crippen molar-refractivity contribution in [3.8, 4) is 16.9 Å². The molecular formula is C13H9NOS. The van der Waals surface area contributed by atoms with Crippen molar-refractivity contribution in [2.24, 2.45) is 0 Å². The van der Waals surface area contributed by atoms with Crippen LogP contribution < -0.4 is 0 Å². The molecule has 0 unspecified atom stereocenters. The molecule has 0 amide bonds. The predicted octanol–water partition coefficient (Wildman–Crippen LogP) is 2.89. The fraction of sp³-hybridized carbons (Fsp3) is 0. The lowest BCUT2D eigenvalue weighted by molar-refractivity contribution is 0.471. The maximum atomic E-state index is 9.43. The van der Waals surface area contributed by atoms with Crippen LogP contribution in [0.2, 0.25) is 0 Å². The molecule has 1 N–H and O–H groups in total. The summed E-state index contributed by atoms with van der Waals surface area (Å²) in [5, 5.41) is 12.3. The summed E-state index contributed by atoms with van der Waals surface area (Å²) in [4.78, 5) is 5.05. The second kappa shape index (κ2) is 5.24. The smallest absolute Gasteiger partial charge is 0.155 e. The minimum absolute atomic E-state index is 0.115. The van der Waals surface area contributed by atoms with E-state index in [1.165, 1.54) is 11.8 Å². The minimum Gasteiger partial charge on any atom is -0.505 e. The number of pyridine rings is 1. The molecule has 16 heavy (non-hydrogen) atoms. The van der Waals surface area contributed by atoms with Crippen molar-refractivity contribution in [3.63, 3.8) is 0 Å². The van der Waals surface area contributed by atoms with Crippen LogP contribution in [-0.2, 0) is 0 Å². The lowest BCUT2D eigenvalue weighted by Gasteiger charge is -1.93. The van der Waals surface area contributed by atoms with E-state index in [1.807, 2.05) is 30.3 Å². The highest BCUT2D eigenvalue weighted by Gasteiger charge is 1.95. The van der Waals surface area contributed by atoms with Crippen molar-refractivity contribution in [1.29, 1.82) is 0 Å². The largest absolute Gasteiger partial charge is 0.505 e. The van der Waals surface area contributed by atoms with Crippen molar-refractivity contribution in [3.05, 3.63) is 54.4 Å². The molecule has 1 aromatic carbocycles. The van der Waals surface area contributed by atoms with Gasteiger partial charge >= 0.3 is 0 Å². The summed E-state index contributed by atoms with van der Waals surface area (Å²) in [5.74, 6) is 2.93. The molecule has 1 heterocycles. The van der Waals surface area contributed by atoms with Crippen LogP contribution in [0.4, 0.5) is 0 Å². The number of nitrogens with zero attached hydrogens (tertiary/aromatic N) is 1. The van der Waals surface area contributed by atoms with Gasteiger partial charge in [0.05, 0.1) is 0 Å². The molecule has 2 rings (SSSR count). The van der Waals surface area contributed by atoms with E-state index in [4.69, 9.17) is 0 Å². The molecule has 1 aromatic heterocycles. The Balaban J connectivity index is 2.10. The highest BCUT2D eigenvalue weighted by atomic mass is 32.2. The molecule has 78 valence electrons. The average molecular weight is 227 g/mol. The first-order valence-corrected chi connectivity index (χ1v) is 5.55. The summed E-state index contributed by atoms with van der Waals surface area (Å²) in [6, 6.07) is 13.1. The molecule has 0 saturated carbocycles. The monoisotopic (exact) mass is 227 g/mol. The van der Waals surface area contributed by atoms with Gasteiger partial charge in [-0.25, -0.2) is 4.98 Å². The number of hydrogen-bond donors (Lipinski definition) is 1. The van der Waals surface area contributed by atoms with Gasteiger partial charge in [-0.05, 0) is 47.2 Å². The Morgan fingerprint density at radius 3 is 2.62 bits per heavy atom. The molecule has 0 saturated heterocycles. The molecule has 0 radical (unpaired) electrons. The van der Waals surface area contributed by atoms with Crippen LogP contribution >= 0.6 is 11.8 Å². The Hall–Kier alpha value is -1.92. The third-order valence-electron chi connectivity index (χ3n) is 1.87. The van der Waals surface area contributed by atoms with Crippen LogP contribution in [0.25, 0.3) is 0 Å². The summed E-state index contributed by atoms with van der Waals surface area (Å²) in [6.07, 6.45) is 1.61. The topological polar surface area (TPSA) is 33.1 Å². The van der Waals surface area contributed by atoms with Crippen LogP contribution in [0.1, 0.15) is 5.69 Å². The first-order chi connectivity index (χ1) is 7.86. The normalized spacial score (nSPS) is 9.25. The lowest BCUT2D eigenvalue weighted by Crippen LogP contribution is -1.80. The molecule has 2 aromatic rings. The highest BCUT2D eigenvalue weighted by molar-refractivity contribution is 8.03. The van der Waals surface area contributed by atoms with Crippen molar-refractivity contribution in [2.45, 2.75) is 4.90 Å². The van der Waals surface area contributed by atoms with Gasteiger partial charge in [-0.15, -0.1) is 0 Å². The predicted molar refractivity (Wildman–Crippen MR) is 65.1 cm³/mol. The van der Waals surface area contributed by atoms with E-state index in [-0.39, 0.29) is 5.75 Å². The first-order valence-electron chi connectivity index (χ1n) is 4.73. The van der Waals surface area contributed by atoms with Crippen LogP contribution in [0.5, 0.6) is 5.75 Å². The van der Waals surface area contributed by atoms with E-state index < -0.39 is 0 Å². The first kappa shape index (κ1) is 10.6. The molecule has 0 aliphatic heterocycles. The Morgan fingerprint density at radius 2 is 1.88 bits per heavy atom. The van der Waals surface area contributed by atoms with E-state index in [0.29, 0.717) is 5.69 Å². The van der Waals surface area contributed by atoms with E-state index in [2.05, 4.69) is 16.2 Å². The van der Waals surface area contributed by atoms with Gasteiger partial charge in [0.25, 0.3) is 0 Å². The van der Waals surface area contributed by atoms with Gasteiger partial charge in [0, 0.05) is 11.1 Å². The number of hydrogen-bond acceptors (Lipinski definition) is 3.